The zero-order valence-electron chi connectivity index (χ0n) is 12.4. The van der Waals surface area contributed by atoms with Gasteiger partial charge in [-0.05, 0) is 45.4 Å². The van der Waals surface area contributed by atoms with Crippen LogP contribution in [0.15, 0.2) is 18.1 Å². The molecular formula is C14H21BN2O3. The van der Waals surface area contributed by atoms with E-state index in [-0.39, 0.29) is 17.8 Å². The van der Waals surface area contributed by atoms with E-state index >= 15 is 0 Å². The van der Waals surface area contributed by atoms with Crippen LogP contribution in [0.2, 0.25) is 0 Å². The average Bonchev–Trinajstić information content (AvgIpc) is 2.56. The largest absolute Gasteiger partial charge is 0.487 e. The summed E-state index contributed by atoms with van der Waals surface area (Å²) in [6, 6.07) is 3.51. The minimum Gasteiger partial charge on any atom is -0.400 e. The lowest BCUT2D eigenvalue weighted by Crippen LogP contribution is -2.41. The predicted octanol–water partition coefficient (Wildman–Crippen LogP) is 1.80. The van der Waals surface area contributed by atoms with Gasteiger partial charge >= 0.3 is 7.12 Å². The maximum absolute atomic E-state index is 9.29. The second-order valence-electron chi connectivity index (χ2n) is 5.91. The highest BCUT2D eigenvalue weighted by molar-refractivity contribution is 6.52. The molecule has 1 aliphatic rings. The molecule has 1 aromatic heterocycles. The summed E-state index contributed by atoms with van der Waals surface area (Å²) in [5.41, 5.74) is 6.22. The molecule has 0 unspecified atom stereocenters. The molecule has 0 atom stereocenters. The Morgan fingerprint density at radius 1 is 1.25 bits per heavy atom. The van der Waals surface area contributed by atoms with Crippen LogP contribution in [0.3, 0.4) is 0 Å². The molecule has 0 saturated carbocycles. The van der Waals surface area contributed by atoms with Crippen LogP contribution in [0.5, 0.6) is 0 Å². The molecule has 3 N–H and O–H groups in total. The summed E-state index contributed by atoms with van der Waals surface area (Å²) < 4.78 is 11.7. The smallest absolute Gasteiger partial charge is 0.400 e. The number of rotatable bonds is 3. The Kier molecular flexibility index (Phi) is 3.91. The second kappa shape index (κ2) is 5.20. The van der Waals surface area contributed by atoms with Gasteiger partial charge in [0.05, 0.1) is 23.5 Å². The van der Waals surface area contributed by atoms with E-state index in [1.54, 1.807) is 6.07 Å². The van der Waals surface area contributed by atoms with Gasteiger partial charge in [0.15, 0.2) is 0 Å². The Morgan fingerprint density at radius 2 is 1.85 bits per heavy atom. The molecular weight excluding hydrogens is 255 g/mol. The van der Waals surface area contributed by atoms with E-state index in [0.717, 1.165) is 5.56 Å². The van der Waals surface area contributed by atoms with Crippen LogP contribution in [0.25, 0.3) is 6.08 Å². The van der Waals surface area contributed by atoms with Gasteiger partial charge in [0.2, 0.25) is 0 Å². The lowest BCUT2D eigenvalue weighted by molar-refractivity contribution is 0.00578. The van der Waals surface area contributed by atoms with E-state index < -0.39 is 7.12 Å². The summed E-state index contributed by atoms with van der Waals surface area (Å²) in [6.07, 6.45) is 1.83. The monoisotopic (exact) mass is 276 g/mol. The number of pyridine rings is 1. The van der Waals surface area contributed by atoms with Crippen molar-refractivity contribution in [1.29, 1.82) is 0 Å². The number of aromatic nitrogens is 1. The fourth-order valence-corrected chi connectivity index (χ4v) is 1.96. The Morgan fingerprint density at radius 3 is 2.40 bits per heavy atom. The van der Waals surface area contributed by atoms with Gasteiger partial charge in [-0.3, -0.25) is 0 Å². The molecule has 0 aromatic carbocycles. The Labute approximate surface area is 119 Å². The molecule has 0 bridgehead atoms. The van der Waals surface area contributed by atoms with Gasteiger partial charge in [0, 0.05) is 0 Å². The van der Waals surface area contributed by atoms with Gasteiger partial charge in [-0.2, -0.15) is 0 Å². The van der Waals surface area contributed by atoms with E-state index in [1.807, 2.05) is 45.8 Å². The van der Waals surface area contributed by atoms with Crippen LogP contribution in [-0.4, -0.2) is 28.4 Å². The van der Waals surface area contributed by atoms with Crippen molar-refractivity contribution in [2.24, 2.45) is 0 Å². The molecule has 1 aromatic rings. The van der Waals surface area contributed by atoms with E-state index in [4.69, 9.17) is 15.0 Å². The first-order valence-electron chi connectivity index (χ1n) is 6.65. The summed E-state index contributed by atoms with van der Waals surface area (Å²) in [6.45, 7) is 7.86. The SMILES string of the molecule is CC1(C)OB(/C=C/c2ccc(N)nc2CO)OC1(C)C. The van der Waals surface area contributed by atoms with Gasteiger partial charge in [0.1, 0.15) is 5.82 Å². The zero-order valence-corrected chi connectivity index (χ0v) is 12.4. The van der Waals surface area contributed by atoms with Crippen LogP contribution in [0.4, 0.5) is 5.82 Å². The number of nitrogens with zero attached hydrogens (tertiary/aromatic N) is 1. The number of nitrogens with two attached hydrogens (primary N) is 1. The van der Waals surface area contributed by atoms with Crippen molar-refractivity contribution in [3.8, 4) is 0 Å². The van der Waals surface area contributed by atoms with Gasteiger partial charge < -0.3 is 20.1 Å². The third kappa shape index (κ3) is 2.87. The van der Waals surface area contributed by atoms with E-state index in [1.165, 1.54) is 0 Å². The predicted molar refractivity (Wildman–Crippen MR) is 79.7 cm³/mol. The number of anilines is 1. The molecule has 20 heavy (non-hydrogen) atoms. The third-order valence-electron chi connectivity index (χ3n) is 3.89. The lowest BCUT2D eigenvalue weighted by Gasteiger charge is -2.32. The molecule has 0 spiro atoms. The second-order valence-corrected chi connectivity index (χ2v) is 5.91. The van der Waals surface area contributed by atoms with Crippen molar-refractivity contribution >= 4 is 19.0 Å². The molecule has 5 nitrogen and oxygen atoms in total. The van der Waals surface area contributed by atoms with E-state index in [2.05, 4.69) is 4.98 Å². The topological polar surface area (TPSA) is 77.6 Å². The highest BCUT2D eigenvalue weighted by atomic mass is 16.7. The Bertz CT molecular complexity index is 513. The first-order valence-corrected chi connectivity index (χ1v) is 6.65. The van der Waals surface area contributed by atoms with Crippen molar-refractivity contribution in [1.82, 2.24) is 4.98 Å². The summed E-state index contributed by atoms with van der Waals surface area (Å²) in [5.74, 6) is 2.21. The fraction of sp³-hybridized carbons (Fsp3) is 0.500. The van der Waals surface area contributed by atoms with Crippen LogP contribution >= 0.6 is 0 Å². The molecule has 1 aliphatic heterocycles. The molecule has 1 saturated heterocycles. The molecule has 0 radical (unpaired) electrons. The summed E-state index contributed by atoms with van der Waals surface area (Å²) >= 11 is 0. The first-order chi connectivity index (χ1) is 9.25. The first kappa shape index (κ1) is 15.0. The minimum atomic E-state index is -0.413. The molecule has 108 valence electrons. The maximum Gasteiger partial charge on any atom is 0.487 e. The molecule has 0 amide bonds. The van der Waals surface area contributed by atoms with Crippen molar-refractivity contribution in [3.63, 3.8) is 0 Å². The minimum absolute atomic E-state index is 0.159. The van der Waals surface area contributed by atoms with Gasteiger partial charge in [-0.1, -0.05) is 12.1 Å². The molecule has 2 rings (SSSR count). The highest BCUT2D eigenvalue weighted by Gasteiger charge is 2.49. The zero-order chi connectivity index (χ0) is 15.0. The van der Waals surface area contributed by atoms with Crippen molar-refractivity contribution in [2.75, 3.05) is 5.73 Å². The van der Waals surface area contributed by atoms with Gasteiger partial charge in [0.25, 0.3) is 0 Å². The van der Waals surface area contributed by atoms with E-state index in [0.29, 0.717) is 11.5 Å². The number of hydrogen-bond acceptors (Lipinski definition) is 5. The highest BCUT2D eigenvalue weighted by Crippen LogP contribution is 2.37. The molecule has 1 fully saturated rings. The number of aliphatic hydroxyl groups excluding tert-OH is 1. The normalized spacial score (nSPS) is 20.8. The van der Waals surface area contributed by atoms with Crippen molar-refractivity contribution in [3.05, 3.63) is 29.4 Å². The van der Waals surface area contributed by atoms with Crippen LogP contribution in [0, 0.1) is 0 Å². The average molecular weight is 276 g/mol. The van der Waals surface area contributed by atoms with Gasteiger partial charge in [-0.15, -0.1) is 0 Å². The third-order valence-corrected chi connectivity index (χ3v) is 3.89. The lowest BCUT2D eigenvalue weighted by atomic mass is 9.89. The summed E-state index contributed by atoms with van der Waals surface area (Å²) in [4.78, 5) is 4.09. The maximum atomic E-state index is 9.29. The quantitative estimate of drug-likeness (QED) is 0.823. The van der Waals surface area contributed by atoms with Gasteiger partial charge in [-0.25, -0.2) is 4.98 Å². The van der Waals surface area contributed by atoms with Crippen LogP contribution in [0.1, 0.15) is 39.0 Å². The summed E-state index contributed by atoms with van der Waals surface area (Å²) in [7, 11) is -0.413. The Balaban J connectivity index is 2.16. The fourth-order valence-electron chi connectivity index (χ4n) is 1.96. The number of nitrogen functional groups attached to an aromatic ring is 1. The standard InChI is InChI=1S/C14H21BN2O3/c1-13(2)14(3,4)20-15(19-13)8-7-10-5-6-12(16)17-11(10)9-18/h5-8,18H,9H2,1-4H3,(H2,16,17)/b8-7+. The summed E-state index contributed by atoms with van der Waals surface area (Å²) in [5, 5.41) is 9.29. The number of hydrogen-bond donors (Lipinski definition) is 2. The van der Waals surface area contributed by atoms with Crippen LogP contribution in [-0.2, 0) is 15.9 Å². The van der Waals surface area contributed by atoms with E-state index in [9.17, 15) is 5.11 Å². The molecule has 0 aliphatic carbocycles. The van der Waals surface area contributed by atoms with Crippen molar-refractivity contribution < 1.29 is 14.4 Å². The molecule has 6 heteroatoms. The number of aliphatic hydroxyl groups is 1. The molecule has 2 heterocycles. The van der Waals surface area contributed by atoms with Crippen LogP contribution < -0.4 is 5.73 Å². The Hall–Kier alpha value is -1.37. The van der Waals surface area contributed by atoms with Crippen molar-refractivity contribution in [2.45, 2.75) is 45.5 Å².